The Labute approximate surface area is 129 Å². The zero-order valence-electron chi connectivity index (χ0n) is 12.7. The summed E-state index contributed by atoms with van der Waals surface area (Å²) in [5.41, 5.74) is 2.21. The number of hydrogen-bond acceptors (Lipinski definition) is 4. The van der Waals surface area contributed by atoms with Crippen molar-refractivity contribution in [3.05, 3.63) is 53.6 Å². The molecule has 1 aliphatic rings. The van der Waals surface area contributed by atoms with Crippen LogP contribution in [0.15, 0.2) is 42.5 Å². The molecule has 0 amide bonds. The van der Waals surface area contributed by atoms with Crippen molar-refractivity contribution in [1.82, 2.24) is 0 Å². The van der Waals surface area contributed by atoms with E-state index in [9.17, 15) is 4.79 Å². The lowest BCUT2D eigenvalue weighted by Gasteiger charge is -2.26. The van der Waals surface area contributed by atoms with Gasteiger partial charge in [-0.3, -0.25) is 4.79 Å². The quantitative estimate of drug-likeness (QED) is 0.640. The van der Waals surface area contributed by atoms with E-state index in [-0.39, 0.29) is 12.1 Å². The predicted molar refractivity (Wildman–Crippen MR) is 82.4 cm³/mol. The molecule has 1 heterocycles. The van der Waals surface area contributed by atoms with Gasteiger partial charge >= 0.3 is 5.97 Å². The van der Waals surface area contributed by atoms with E-state index in [0.717, 1.165) is 35.5 Å². The number of esters is 1. The Morgan fingerprint density at radius 2 is 1.86 bits per heavy atom. The van der Waals surface area contributed by atoms with Crippen LogP contribution in [0.2, 0.25) is 0 Å². The van der Waals surface area contributed by atoms with Crippen LogP contribution < -0.4 is 14.2 Å². The van der Waals surface area contributed by atoms with Gasteiger partial charge in [0, 0.05) is 6.92 Å². The first-order valence-corrected chi connectivity index (χ1v) is 7.27. The van der Waals surface area contributed by atoms with E-state index in [4.69, 9.17) is 14.2 Å². The van der Waals surface area contributed by atoms with Crippen molar-refractivity contribution in [2.75, 3.05) is 7.11 Å². The number of carbonyl (C=O) groups is 1. The normalized spacial score (nSPS) is 16.4. The van der Waals surface area contributed by atoms with Gasteiger partial charge < -0.3 is 14.2 Å². The molecule has 4 heteroatoms. The number of ether oxygens (including phenoxy) is 3. The third kappa shape index (κ3) is 3.06. The molecular weight excluding hydrogens is 280 g/mol. The maximum atomic E-state index is 11.0. The van der Waals surface area contributed by atoms with Crippen LogP contribution in [0.5, 0.6) is 17.2 Å². The van der Waals surface area contributed by atoms with Crippen molar-refractivity contribution >= 4 is 5.97 Å². The zero-order chi connectivity index (χ0) is 15.5. The smallest absolute Gasteiger partial charge is 0.308 e. The van der Waals surface area contributed by atoms with Crippen LogP contribution in [-0.4, -0.2) is 13.1 Å². The molecule has 3 rings (SSSR count). The Morgan fingerprint density at radius 3 is 2.55 bits per heavy atom. The van der Waals surface area contributed by atoms with Gasteiger partial charge in [-0.25, -0.2) is 0 Å². The molecule has 0 N–H and O–H groups in total. The van der Waals surface area contributed by atoms with Crippen LogP contribution in [0.3, 0.4) is 0 Å². The highest BCUT2D eigenvalue weighted by Gasteiger charge is 2.22. The molecule has 22 heavy (non-hydrogen) atoms. The van der Waals surface area contributed by atoms with Gasteiger partial charge in [0.2, 0.25) is 0 Å². The maximum absolute atomic E-state index is 11.0. The van der Waals surface area contributed by atoms with Crippen LogP contribution in [0, 0.1) is 0 Å². The fourth-order valence-electron chi connectivity index (χ4n) is 2.65. The van der Waals surface area contributed by atoms with Gasteiger partial charge in [-0.2, -0.15) is 0 Å². The number of benzene rings is 2. The third-order valence-electron chi connectivity index (χ3n) is 3.73. The van der Waals surface area contributed by atoms with Crippen LogP contribution in [0.1, 0.15) is 30.6 Å². The molecule has 0 aromatic heterocycles. The number of fused-ring (bicyclic) bond motifs is 1. The van der Waals surface area contributed by atoms with E-state index in [1.54, 1.807) is 13.2 Å². The highest BCUT2D eigenvalue weighted by atomic mass is 16.5. The van der Waals surface area contributed by atoms with E-state index >= 15 is 0 Å². The van der Waals surface area contributed by atoms with Crippen molar-refractivity contribution in [3.63, 3.8) is 0 Å². The Morgan fingerprint density at radius 1 is 1.14 bits per heavy atom. The van der Waals surface area contributed by atoms with Crippen LogP contribution in [0.4, 0.5) is 0 Å². The fourth-order valence-corrected chi connectivity index (χ4v) is 2.65. The second-order valence-electron chi connectivity index (χ2n) is 5.28. The minimum absolute atomic E-state index is 0.0398. The standard InChI is InChI=1S/C18H18O4/c1-12(19)21-16-8-10-18-14(11-16)5-9-17(22-18)13-3-6-15(20-2)7-4-13/h3-4,6-8,10-11,17H,5,9H2,1-2H3. The highest BCUT2D eigenvalue weighted by Crippen LogP contribution is 2.37. The summed E-state index contributed by atoms with van der Waals surface area (Å²) in [5.74, 6) is 1.94. The summed E-state index contributed by atoms with van der Waals surface area (Å²) in [6.07, 6.45) is 1.82. The number of methoxy groups -OCH3 is 1. The molecule has 1 unspecified atom stereocenters. The second kappa shape index (κ2) is 6.10. The molecule has 0 radical (unpaired) electrons. The third-order valence-corrected chi connectivity index (χ3v) is 3.73. The highest BCUT2D eigenvalue weighted by molar-refractivity contribution is 5.69. The van der Waals surface area contributed by atoms with E-state index in [2.05, 4.69) is 0 Å². The lowest BCUT2D eigenvalue weighted by molar-refractivity contribution is -0.131. The van der Waals surface area contributed by atoms with E-state index in [0.29, 0.717) is 5.75 Å². The number of hydrogen-bond donors (Lipinski definition) is 0. The lowest BCUT2D eigenvalue weighted by atomic mass is 9.97. The van der Waals surface area contributed by atoms with Crippen molar-refractivity contribution in [2.45, 2.75) is 25.9 Å². The Balaban J connectivity index is 1.77. The first-order chi connectivity index (χ1) is 10.7. The van der Waals surface area contributed by atoms with Crippen LogP contribution in [0.25, 0.3) is 0 Å². The molecule has 0 aliphatic carbocycles. The summed E-state index contributed by atoms with van der Waals surface area (Å²) in [5, 5.41) is 0. The fraction of sp³-hybridized carbons (Fsp3) is 0.278. The number of rotatable bonds is 3. The molecule has 114 valence electrons. The lowest BCUT2D eigenvalue weighted by Crippen LogP contribution is -2.15. The monoisotopic (exact) mass is 298 g/mol. The molecule has 0 saturated heterocycles. The summed E-state index contributed by atoms with van der Waals surface area (Å²) >= 11 is 0. The summed E-state index contributed by atoms with van der Waals surface area (Å²) in [7, 11) is 1.66. The summed E-state index contributed by atoms with van der Waals surface area (Å²) in [6, 6.07) is 13.4. The van der Waals surface area contributed by atoms with Crippen molar-refractivity contribution < 1.29 is 19.0 Å². The summed E-state index contributed by atoms with van der Waals surface area (Å²) < 4.78 is 16.4. The van der Waals surface area contributed by atoms with E-state index < -0.39 is 0 Å². The molecule has 0 fully saturated rings. The molecule has 2 aromatic carbocycles. The second-order valence-corrected chi connectivity index (χ2v) is 5.28. The molecule has 0 bridgehead atoms. The molecule has 4 nitrogen and oxygen atoms in total. The van der Waals surface area contributed by atoms with Gasteiger partial charge in [-0.05, 0) is 54.3 Å². The van der Waals surface area contributed by atoms with Crippen molar-refractivity contribution in [1.29, 1.82) is 0 Å². The Kier molecular flexibility index (Phi) is 4.00. The van der Waals surface area contributed by atoms with Crippen LogP contribution in [-0.2, 0) is 11.2 Å². The Hall–Kier alpha value is -2.49. The predicted octanol–water partition coefficient (Wildman–Crippen LogP) is 3.69. The minimum atomic E-state index is -0.312. The topological polar surface area (TPSA) is 44.8 Å². The molecule has 2 aromatic rings. The summed E-state index contributed by atoms with van der Waals surface area (Å²) in [4.78, 5) is 11.0. The van der Waals surface area contributed by atoms with Gasteiger partial charge in [-0.1, -0.05) is 12.1 Å². The van der Waals surface area contributed by atoms with Gasteiger partial charge in [0.1, 0.15) is 23.4 Å². The average molecular weight is 298 g/mol. The van der Waals surface area contributed by atoms with Gasteiger partial charge in [0.25, 0.3) is 0 Å². The Bertz CT molecular complexity index is 676. The first kappa shape index (κ1) is 14.4. The molecule has 0 spiro atoms. The minimum Gasteiger partial charge on any atom is -0.497 e. The van der Waals surface area contributed by atoms with Gasteiger partial charge in [-0.15, -0.1) is 0 Å². The van der Waals surface area contributed by atoms with Gasteiger partial charge in [0.05, 0.1) is 7.11 Å². The van der Waals surface area contributed by atoms with Gasteiger partial charge in [0.15, 0.2) is 0 Å². The van der Waals surface area contributed by atoms with Crippen LogP contribution >= 0.6 is 0 Å². The molecule has 0 saturated carbocycles. The molecular formula is C18H18O4. The van der Waals surface area contributed by atoms with Crippen molar-refractivity contribution in [3.8, 4) is 17.2 Å². The van der Waals surface area contributed by atoms with E-state index in [1.165, 1.54) is 6.92 Å². The number of aryl methyl sites for hydroxylation is 1. The summed E-state index contributed by atoms with van der Waals surface area (Å²) in [6.45, 7) is 1.40. The largest absolute Gasteiger partial charge is 0.497 e. The van der Waals surface area contributed by atoms with Crippen molar-refractivity contribution in [2.24, 2.45) is 0 Å². The molecule has 1 aliphatic heterocycles. The van der Waals surface area contributed by atoms with E-state index in [1.807, 2.05) is 36.4 Å². The average Bonchev–Trinajstić information content (AvgIpc) is 2.54. The zero-order valence-corrected chi connectivity index (χ0v) is 12.7. The maximum Gasteiger partial charge on any atom is 0.308 e. The number of carbonyl (C=O) groups excluding carboxylic acids is 1. The SMILES string of the molecule is COc1ccc(C2CCc3cc(OC(C)=O)ccc3O2)cc1. The molecule has 1 atom stereocenters. The first-order valence-electron chi connectivity index (χ1n) is 7.27.